The highest BCUT2D eigenvalue weighted by Gasteiger charge is 2.27. The largest absolute Gasteiger partial charge is 0.480 e. The van der Waals surface area contributed by atoms with Gasteiger partial charge in [-0.25, -0.2) is 4.79 Å². The average molecular weight is 402 g/mol. The Balaban J connectivity index is 1.68. The van der Waals surface area contributed by atoms with Crippen molar-refractivity contribution in [3.63, 3.8) is 0 Å². The van der Waals surface area contributed by atoms with Crippen molar-refractivity contribution < 1.29 is 24.2 Å². The lowest BCUT2D eigenvalue weighted by Crippen LogP contribution is -2.26. The zero-order valence-corrected chi connectivity index (χ0v) is 16.4. The highest BCUT2D eigenvalue weighted by molar-refractivity contribution is 7.17. The molecule has 1 heterocycles. The molecule has 0 spiro atoms. The van der Waals surface area contributed by atoms with Gasteiger partial charge in [0.25, 0.3) is 11.8 Å². The quantitative estimate of drug-likeness (QED) is 0.629. The summed E-state index contributed by atoms with van der Waals surface area (Å²) in [6.07, 6.45) is 2.70. The first-order valence-corrected chi connectivity index (χ1v) is 9.83. The van der Waals surface area contributed by atoms with Crippen molar-refractivity contribution in [2.45, 2.75) is 32.7 Å². The van der Waals surface area contributed by atoms with Gasteiger partial charge in [-0.1, -0.05) is 29.8 Å². The van der Waals surface area contributed by atoms with Crippen LogP contribution < -0.4 is 10.6 Å². The van der Waals surface area contributed by atoms with Crippen LogP contribution >= 0.6 is 11.3 Å². The van der Waals surface area contributed by atoms with E-state index in [1.807, 2.05) is 31.2 Å². The van der Waals surface area contributed by atoms with E-state index in [1.165, 1.54) is 11.3 Å². The number of hydrogen-bond donors (Lipinski definition) is 3. The summed E-state index contributed by atoms with van der Waals surface area (Å²) in [5.41, 5.74) is 3.66. The Kier molecular flexibility index (Phi) is 6.43. The smallest absolute Gasteiger partial charge is 0.329 e. The number of amides is 2. The molecular formula is C20H22N2O5S. The molecule has 7 nitrogen and oxygen atoms in total. The van der Waals surface area contributed by atoms with E-state index in [0.717, 1.165) is 40.8 Å². The lowest BCUT2D eigenvalue weighted by atomic mass is 10.1. The Bertz CT molecular complexity index is 889. The van der Waals surface area contributed by atoms with Crippen LogP contribution in [-0.4, -0.2) is 36.1 Å². The van der Waals surface area contributed by atoms with E-state index in [1.54, 1.807) is 0 Å². The maximum atomic E-state index is 12.8. The summed E-state index contributed by atoms with van der Waals surface area (Å²) in [4.78, 5) is 36.5. The molecule has 1 aromatic carbocycles. The molecule has 2 amide bonds. The Hall–Kier alpha value is -2.71. The van der Waals surface area contributed by atoms with Gasteiger partial charge < -0.3 is 20.5 Å². The summed E-state index contributed by atoms with van der Waals surface area (Å²) in [6, 6.07) is 7.92. The van der Waals surface area contributed by atoms with Crippen molar-refractivity contribution in [3.8, 4) is 0 Å². The van der Waals surface area contributed by atoms with Gasteiger partial charge in [-0.15, -0.1) is 11.3 Å². The summed E-state index contributed by atoms with van der Waals surface area (Å²) in [6.45, 7) is 1.49. The predicted octanol–water partition coefficient (Wildman–Crippen LogP) is 2.51. The lowest BCUT2D eigenvalue weighted by molar-refractivity contribution is -0.143. The molecular weight excluding hydrogens is 380 g/mol. The van der Waals surface area contributed by atoms with Crippen LogP contribution in [0.2, 0.25) is 0 Å². The van der Waals surface area contributed by atoms with Crippen molar-refractivity contribution in [3.05, 3.63) is 51.4 Å². The monoisotopic (exact) mass is 402 g/mol. The minimum atomic E-state index is -1.14. The van der Waals surface area contributed by atoms with Crippen molar-refractivity contribution in [1.29, 1.82) is 0 Å². The molecule has 2 aromatic rings. The molecule has 8 heteroatoms. The fourth-order valence-electron chi connectivity index (χ4n) is 3.10. The van der Waals surface area contributed by atoms with Gasteiger partial charge in [0.2, 0.25) is 0 Å². The molecule has 0 bridgehead atoms. The zero-order chi connectivity index (χ0) is 20.1. The van der Waals surface area contributed by atoms with E-state index in [2.05, 4.69) is 10.6 Å². The fourth-order valence-corrected chi connectivity index (χ4v) is 4.41. The van der Waals surface area contributed by atoms with Crippen molar-refractivity contribution in [2.24, 2.45) is 0 Å². The van der Waals surface area contributed by atoms with Gasteiger partial charge in [-0.3, -0.25) is 9.59 Å². The second-order valence-electron chi connectivity index (χ2n) is 6.66. The number of aliphatic carboxylic acids is 1. The van der Waals surface area contributed by atoms with Gasteiger partial charge in [0.15, 0.2) is 0 Å². The van der Waals surface area contributed by atoms with Crippen molar-refractivity contribution in [1.82, 2.24) is 5.32 Å². The van der Waals surface area contributed by atoms with Gasteiger partial charge in [0, 0.05) is 11.4 Å². The molecule has 3 N–H and O–H groups in total. The number of nitrogens with one attached hydrogen (secondary N) is 2. The molecule has 0 fully saturated rings. The summed E-state index contributed by atoms with van der Waals surface area (Å²) in [7, 11) is 0. The Labute approximate surface area is 166 Å². The Morgan fingerprint density at radius 3 is 2.61 bits per heavy atom. The van der Waals surface area contributed by atoms with Crippen LogP contribution in [0.5, 0.6) is 0 Å². The summed E-state index contributed by atoms with van der Waals surface area (Å²) < 4.78 is 4.81. The van der Waals surface area contributed by atoms with Crippen LogP contribution in [-0.2, 0) is 33.7 Å². The van der Waals surface area contributed by atoms with Crippen LogP contribution in [0.1, 0.15) is 38.3 Å². The summed E-state index contributed by atoms with van der Waals surface area (Å²) >= 11 is 1.40. The molecule has 0 radical (unpaired) electrons. The minimum Gasteiger partial charge on any atom is -0.480 e. The number of fused-ring (bicyclic) bond motifs is 1. The van der Waals surface area contributed by atoms with Crippen LogP contribution in [0.3, 0.4) is 0 Å². The van der Waals surface area contributed by atoms with Gasteiger partial charge in [-0.2, -0.15) is 0 Å². The number of benzene rings is 1. The van der Waals surface area contributed by atoms with E-state index >= 15 is 0 Å². The molecule has 148 valence electrons. The molecule has 1 aromatic heterocycles. The number of carbonyl (C=O) groups is 3. The first-order chi connectivity index (χ1) is 13.4. The number of aryl methyl sites for hydroxylation is 2. The molecule has 1 aliphatic rings. The highest BCUT2D eigenvalue weighted by Crippen LogP contribution is 2.39. The molecule has 0 atom stereocenters. The minimum absolute atomic E-state index is 0.221. The van der Waals surface area contributed by atoms with Gasteiger partial charge in [-0.05, 0) is 37.3 Å². The second kappa shape index (κ2) is 8.99. The van der Waals surface area contributed by atoms with Gasteiger partial charge in [0.05, 0.1) is 5.56 Å². The predicted molar refractivity (Wildman–Crippen MR) is 106 cm³/mol. The third-order valence-electron chi connectivity index (χ3n) is 4.43. The van der Waals surface area contributed by atoms with Gasteiger partial charge >= 0.3 is 5.97 Å². The first kappa shape index (κ1) is 20.0. The number of carboxylic acids is 1. The van der Waals surface area contributed by atoms with Crippen LogP contribution in [0.4, 0.5) is 5.00 Å². The second-order valence-corrected chi connectivity index (χ2v) is 7.77. The number of ether oxygens (including phenoxy) is 1. The number of rotatable bonds is 8. The van der Waals surface area contributed by atoms with E-state index in [4.69, 9.17) is 9.84 Å². The van der Waals surface area contributed by atoms with E-state index in [-0.39, 0.29) is 12.5 Å². The topological polar surface area (TPSA) is 105 Å². The average Bonchev–Trinajstić information content (AvgIpc) is 3.21. The highest BCUT2D eigenvalue weighted by atomic mass is 32.1. The lowest BCUT2D eigenvalue weighted by Gasteiger charge is -2.10. The normalized spacial score (nSPS) is 12.5. The van der Waals surface area contributed by atoms with E-state index in [0.29, 0.717) is 17.1 Å². The third-order valence-corrected chi connectivity index (χ3v) is 5.64. The van der Waals surface area contributed by atoms with Crippen LogP contribution in [0.25, 0.3) is 0 Å². The molecule has 0 unspecified atom stereocenters. The van der Waals surface area contributed by atoms with Gasteiger partial charge in [0.1, 0.15) is 18.2 Å². The SMILES string of the molecule is Cc1ccc(CNC(=O)c2c(NC(=O)COCC(=O)O)sc3c2CCC3)cc1. The maximum Gasteiger partial charge on any atom is 0.329 e. The summed E-state index contributed by atoms with van der Waals surface area (Å²) in [5, 5.41) is 14.7. The third kappa shape index (κ3) is 4.96. The Morgan fingerprint density at radius 1 is 1.14 bits per heavy atom. The fraction of sp³-hybridized carbons (Fsp3) is 0.350. The molecule has 0 saturated carbocycles. The van der Waals surface area contributed by atoms with E-state index in [9.17, 15) is 14.4 Å². The van der Waals surface area contributed by atoms with Crippen molar-refractivity contribution in [2.75, 3.05) is 18.5 Å². The molecule has 0 saturated heterocycles. The van der Waals surface area contributed by atoms with E-state index < -0.39 is 18.5 Å². The number of carbonyl (C=O) groups excluding carboxylic acids is 2. The Morgan fingerprint density at radius 2 is 1.89 bits per heavy atom. The standard InChI is InChI=1S/C20H22N2O5S/c1-12-5-7-13(8-6-12)9-21-19(26)18-14-3-2-4-15(14)28-20(18)22-16(23)10-27-11-17(24)25/h5-8H,2-4,9-11H2,1H3,(H,21,26)(H,22,23)(H,24,25). The molecule has 1 aliphatic carbocycles. The number of thiophene rings is 1. The van der Waals surface area contributed by atoms with Crippen LogP contribution in [0.15, 0.2) is 24.3 Å². The number of hydrogen-bond acceptors (Lipinski definition) is 5. The molecule has 3 rings (SSSR count). The maximum absolute atomic E-state index is 12.8. The molecule has 28 heavy (non-hydrogen) atoms. The first-order valence-electron chi connectivity index (χ1n) is 9.01. The molecule has 0 aliphatic heterocycles. The number of anilines is 1. The summed E-state index contributed by atoms with van der Waals surface area (Å²) in [5.74, 6) is -1.84. The van der Waals surface area contributed by atoms with Crippen molar-refractivity contribution >= 4 is 34.1 Å². The van der Waals surface area contributed by atoms with Crippen LogP contribution in [0, 0.1) is 6.92 Å². The zero-order valence-electron chi connectivity index (χ0n) is 15.5. The number of carboxylic acid groups (broad SMARTS) is 1.